The van der Waals surface area contributed by atoms with Crippen molar-refractivity contribution in [2.45, 2.75) is 57.9 Å². The summed E-state index contributed by atoms with van der Waals surface area (Å²) in [6, 6.07) is 0. The average molecular weight is 220 g/mol. The lowest BCUT2D eigenvalue weighted by Gasteiger charge is -2.40. The zero-order valence-corrected chi connectivity index (χ0v) is 9.29. The Morgan fingerprint density at radius 2 is 1.47 bits per heavy atom. The molecule has 0 saturated carbocycles. The maximum atomic E-state index is 9.64. The third kappa shape index (κ3) is 3.12. The molecule has 0 bridgehead atoms. The zero-order chi connectivity index (χ0) is 11.8. The van der Waals surface area contributed by atoms with Gasteiger partial charge in [-0.2, -0.15) is 0 Å². The van der Waals surface area contributed by atoms with Crippen molar-refractivity contribution in [2.75, 3.05) is 0 Å². The largest absolute Gasteiger partial charge is 0.388 e. The first kappa shape index (κ1) is 12.9. The molecule has 1 rings (SSSR count). The van der Waals surface area contributed by atoms with E-state index in [0.717, 1.165) is 0 Å². The maximum Gasteiger partial charge on any atom is 0.183 e. The Morgan fingerprint density at radius 3 is 1.93 bits per heavy atom. The molecule has 5 nitrogen and oxygen atoms in total. The van der Waals surface area contributed by atoms with Gasteiger partial charge >= 0.3 is 0 Å². The van der Waals surface area contributed by atoms with Gasteiger partial charge in [0.15, 0.2) is 6.29 Å². The van der Waals surface area contributed by atoms with Gasteiger partial charge in [0.05, 0.1) is 6.10 Å². The third-order valence-electron chi connectivity index (χ3n) is 2.50. The molecule has 0 aliphatic carbocycles. The van der Waals surface area contributed by atoms with Crippen LogP contribution in [0.1, 0.15) is 27.2 Å². The van der Waals surface area contributed by atoms with E-state index in [1.165, 1.54) is 0 Å². The second-order valence-corrected chi connectivity index (χ2v) is 5.30. The van der Waals surface area contributed by atoms with Crippen molar-refractivity contribution in [2.24, 2.45) is 5.41 Å². The molecule has 3 unspecified atom stereocenters. The van der Waals surface area contributed by atoms with E-state index >= 15 is 0 Å². The van der Waals surface area contributed by atoms with Gasteiger partial charge in [-0.05, 0) is 11.8 Å². The minimum Gasteiger partial charge on any atom is -0.388 e. The SMILES string of the molecule is CC(C)(C)CC1OC(O)C(O)[C@@H](O)[C@@H]1O. The van der Waals surface area contributed by atoms with Crippen molar-refractivity contribution in [3.8, 4) is 0 Å². The highest BCUT2D eigenvalue weighted by Gasteiger charge is 2.43. The number of aliphatic hydroxyl groups is 4. The van der Waals surface area contributed by atoms with Crippen LogP contribution in [0.3, 0.4) is 0 Å². The molecule has 0 aromatic carbocycles. The van der Waals surface area contributed by atoms with Crippen molar-refractivity contribution < 1.29 is 25.2 Å². The van der Waals surface area contributed by atoms with Crippen LogP contribution in [0.2, 0.25) is 0 Å². The summed E-state index contributed by atoms with van der Waals surface area (Å²) in [4.78, 5) is 0. The Labute approximate surface area is 89.3 Å². The summed E-state index contributed by atoms with van der Waals surface area (Å²) in [5.74, 6) is 0. The number of aliphatic hydroxyl groups excluding tert-OH is 4. The third-order valence-corrected chi connectivity index (χ3v) is 2.50. The highest BCUT2D eigenvalue weighted by molar-refractivity contribution is 4.90. The average Bonchev–Trinajstić information content (AvgIpc) is 2.08. The quantitative estimate of drug-likeness (QED) is 0.465. The zero-order valence-electron chi connectivity index (χ0n) is 9.29. The molecule has 1 saturated heterocycles. The molecule has 0 aromatic heterocycles. The lowest BCUT2D eigenvalue weighted by atomic mass is 9.84. The van der Waals surface area contributed by atoms with Gasteiger partial charge in [0, 0.05) is 0 Å². The fourth-order valence-corrected chi connectivity index (χ4v) is 1.70. The van der Waals surface area contributed by atoms with E-state index in [0.29, 0.717) is 6.42 Å². The molecule has 1 aliphatic rings. The standard InChI is InChI=1S/C10H20O5/c1-10(2,3)4-5-6(11)7(12)8(13)9(14)15-5/h5-9,11-14H,4H2,1-3H3/t5?,6-,7+,8?,9?/m1/s1. The smallest absolute Gasteiger partial charge is 0.183 e. The molecular formula is C10H20O5. The van der Waals surface area contributed by atoms with Crippen LogP contribution >= 0.6 is 0 Å². The number of ether oxygens (including phenoxy) is 1. The lowest BCUT2D eigenvalue weighted by Crippen LogP contribution is -2.58. The number of hydrogen-bond acceptors (Lipinski definition) is 5. The van der Waals surface area contributed by atoms with Crippen molar-refractivity contribution in [3.05, 3.63) is 0 Å². The summed E-state index contributed by atoms with van der Waals surface area (Å²) >= 11 is 0. The second-order valence-electron chi connectivity index (χ2n) is 5.30. The van der Waals surface area contributed by atoms with E-state index in [9.17, 15) is 20.4 Å². The minimum atomic E-state index is -1.45. The van der Waals surface area contributed by atoms with Crippen LogP contribution in [0, 0.1) is 5.41 Å². The molecule has 0 amide bonds. The molecule has 1 aliphatic heterocycles. The molecule has 1 heterocycles. The van der Waals surface area contributed by atoms with Crippen LogP contribution in [0.5, 0.6) is 0 Å². The first-order valence-electron chi connectivity index (χ1n) is 5.10. The summed E-state index contributed by atoms with van der Waals surface area (Å²) in [6.07, 6.45) is -5.57. The van der Waals surface area contributed by atoms with Gasteiger partial charge in [-0.15, -0.1) is 0 Å². The minimum absolute atomic E-state index is 0.0899. The fraction of sp³-hybridized carbons (Fsp3) is 1.00. The predicted molar refractivity (Wildman–Crippen MR) is 53.0 cm³/mol. The van der Waals surface area contributed by atoms with Crippen molar-refractivity contribution in [1.82, 2.24) is 0 Å². The lowest BCUT2D eigenvalue weighted by molar-refractivity contribution is -0.285. The Balaban J connectivity index is 2.67. The van der Waals surface area contributed by atoms with Crippen LogP contribution in [0.4, 0.5) is 0 Å². The van der Waals surface area contributed by atoms with Crippen molar-refractivity contribution in [1.29, 1.82) is 0 Å². The molecule has 0 spiro atoms. The summed E-state index contributed by atoms with van der Waals surface area (Å²) in [5.41, 5.74) is -0.0899. The van der Waals surface area contributed by atoms with E-state index in [1.807, 2.05) is 20.8 Å². The summed E-state index contributed by atoms with van der Waals surface area (Å²) < 4.78 is 5.05. The number of hydrogen-bond donors (Lipinski definition) is 4. The molecule has 15 heavy (non-hydrogen) atoms. The Bertz CT molecular complexity index is 212. The van der Waals surface area contributed by atoms with Gasteiger partial charge in [0.1, 0.15) is 18.3 Å². The summed E-state index contributed by atoms with van der Waals surface area (Å²) in [7, 11) is 0. The predicted octanol–water partition coefficient (Wildman–Crippen LogP) is -0.778. The highest BCUT2D eigenvalue weighted by atomic mass is 16.6. The van der Waals surface area contributed by atoms with E-state index in [1.54, 1.807) is 0 Å². The Morgan fingerprint density at radius 1 is 0.933 bits per heavy atom. The van der Waals surface area contributed by atoms with Crippen LogP contribution < -0.4 is 0 Å². The van der Waals surface area contributed by atoms with Gasteiger partial charge in [0.2, 0.25) is 0 Å². The van der Waals surface area contributed by atoms with Crippen LogP contribution in [0.15, 0.2) is 0 Å². The molecule has 0 radical (unpaired) electrons. The molecule has 4 N–H and O–H groups in total. The monoisotopic (exact) mass is 220 g/mol. The normalized spacial score (nSPS) is 43.0. The molecular weight excluding hydrogens is 200 g/mol. The summed E-state index contributed by atoms with van der Waals surface area (Å²) in [5, 5.41) is 37.6. The molecule has 5 heteroatoms. The second kappa shape index (κ2) is 4.35. The van der Waals surface area contributed by atoms with Crippen LogP contribution in [0.25, 0.3) is 0 Å². The topological polar surface area (TPSA) is 90.2 Å². The summed E-state index contributed by atoms with van der Waals surface area (Å²) in [6.45, 7) is 5.90. The fourth-order valence-electron chi connectivity index (χ4n) is 1.70. The van der Waals surface area contributed by atoms with E-state index in [4.69, 9.17) is 4.74 Å². The van der Waals surface area contributed by atoms with Crippen molar-refractivity contribution in [3.63, 3.8) is 0 Å². The highest BCUT2D eigenvalue weighted by Crippen LogP contribution is 2.29. The van der Waals surface area contributed by atoms with Gasteiger partial charge in [-0.3, -0.25) is 0 Å². The van der Waals surface area contributed by atoms with E-state index < -0.39 is 30.7 Å². The van der Waals surface area contributed by atoms with Gasteiger partial charge in [-0.1, -0.05) is 20.8 Å². The first-order valence-corrected chi connectivity index (χ1v) is 5.10. The Hall–Kier alpha value is -0.200. The van der Waals surface area contributed by atoms with Crippen LogP contribution in [-0.2, 0) is 4.74 Å². The Kier molecular flexibility index (Phi) is 3.73. The first-order chi connectivity index (χ1) is 6.72. The molecule has 90 valence electrons. The molecule has 5 atom stereocenters. The van der Waals surface area contributed by atoms with Crippen LogP contribution in [-0.4, -0.2) is 51.1 Å². The van der Waals surface area contributed by atoms with Gasteiger partial charge in [-0.25, -0.2) is 0 Å². The van der Waals surface area contributed by atoms with Gasteiger partial charge in [0.25, 0.3) is 0 Å². The van der Waals surface area contributed by atoms with E-state index in [2.05, 4.69) is 0 Å². The van der Waals surface area contributed by atoms with Crippen molar-refractivity contribution >= 4 is 0 Å². The molecule has 0 aromatic rings. The van der Waals surface area contributed by atoms with Gasteiger partial charge < -0.3 is 25.2 Å². The molecule has 1 fully saturated rings. The maximum absolute atomic E-state index is 9.64. The number of rotatable bonds is 1. The van der Waals surface area contributed by atoms with E-state index in [-0.39, 0.29) is 5.41 Å².